The summed E-state index contributed by atoms with van der Waals surface area (Å²) in [6.45, 7) is 0. The minimum Gasteiger partial charge on any atom is -0.353 e. The Labute approximate surface area is 143 Å². The molecule has 128 valence electrons. The van der Waals surface area contributed by atoms with Crippen molar-refractivity contribution in [1.82, 2.24) is 25.5 Å². The van der Waals surface area contributed by atoms with E-state index in [0.29, 0.717) is 17.6 Å². The molecule has 1 aromatic carbocycles. The summed E-state index contributed by atoms with van der Waals surface area (Å²) in [4.78, 5) is 31.5. The standard InChI is InChI=1S/C18H19N5O2/c24-17(20-12-5-6-13-11(9-12)10-19-23-13)8-7-16-18(25)22-15-4-2-1-3-14(15)21-16/h1-4,10,12H,5-9H2,(H,19,23)(H,20,24)(H,22,25). The fourth-order valence-electron chi connectivity index (χ4n) is 3.31. The molecule has 0 saturated carbocycles. The van der Waals surface area contributed by atoms with Crippen LogP contribution in [0.1, 0.15) is 29.8 Å². The van der Waals surface area contributed by atoms with Crippen molar-refractivity contribution in [2.24, 2.45) is 0 Å². The largest absolute Gasteiger partial charge is 0.353 e. The van der Waals surface area contributed by atoms with Crippen molar-refractivity contribution in [1.29, 1.82) is 0 Å². The normalized spacial score (nSPS) is 16.6. The average molecular weight is 337 g/mol. The van der Waals surface area contributed by atoms with Crippen LogP contribution in [0, 0.1) is 0 Å². The number of hydrogen-bond acceptors (Lipinski definition) is 4. The first-order valence-electron chi connectivity index (χ1n) is 8.47. The topological polar surface area (TPSA) is 104 Å². The molecule has 0 spiro atoms. The molecule has 1 aliphatic rings. The number of aromatic amines is 2. The zero-order valence-corrected chi connectivity index (χ0v) is 13.7. The van der Waals surface area contributed by atoms with E-state index in [1.54, 1.807) is 0 Å². The first-order valence-corrected chi connectivity index (χ1v) is 8.47. The molecule has 3 aromatic rings. The number of nitrogens with one attached hydrogen (secondary N) is 3. The summed E-state index contributed by atoms with van der Waals surface area (Å²) in [5.41, 5.74) is 3.94. The van der Waals surface area contributed by atoms with Gasteiger partial charge in [-0.25, -0.2) is 4.98 Å². The number of rotatable bonds is 4. The molecule has 1 amide bonds. The Kier molecular flexibility index (Phi) is 4.05. The summed E-state index contributed by atoms with van der Waals surface area (Å²) in [5.74, 6) is -0.0497. The number of aryl methyl sites for hydroxylation is 2. The van der Waals surface area contributed by atoms with Crippen LogP contribution in [-0.2, 0) is 24.1 Å². The quantitative estimate of drug-likeness (QED) is 0.666. The fourth-order valence-corrected chi connectivity index (χ4v) is 3.31. The second-order valence-corrected chi connectivity index (χ2v) is 6.41. The molecular formula is C18H19N5O2. The Morgan fingerprint density at radius 1 is 1.32 bits per heavy atom. The lowest BCUT2D eigenvalue weighted by molar-refractivity contribution is -0.121. The molecule has 1 unspecified atom stereocenters. The molecular weight excluding hydrogens is 318 g/mol. The van der Waals surface area contributed by atoms with Crippen molar-refractivity contribution < 1.29 is 4.79 Å². The van der Waals surface area contributed by atoms with E-state index in [-0.39, 0.29) is 23.9 Å². The van der Waals surface area contributed by atoms with E-state index in [9.17, 15) is 9.59 Å². The Bertz CT molecular complexity index is 975. The summed E-state index contributed by atoms with van der Waals surface area (Å²) < 4.78 is 0. The van der Waals surface area contributed by atoms with Crippen LogP contribution in [0.2, 0.25) is 0 Å². The van der Waals surface area contributed by atoms with E-state index in [0.717, 1.165) is 30.5 Å². The lowest BCUT2D eigenvalue weighted by atomic mass is 9.93. The highest BCUT2D eigenvalue weighted by Gasteiger charge is 2.21. The molecule has 25 heavy (non-hydrogen) atoms. The summed E-state index contributed by atoms with van der Waals surface area (Å²) >= 11 is 0. The maximum atomic E-state index is 12.2. The van der Waals surface area contributed by atoms with Gasteiger partial charge in [-0.2, -0.15) is 5.10 Å². The molecule has 0 fully saturated rings. The third-order valence-corrected chi connectivity index (χ3v) is 4.64. The molecule has 0 aliphatic heterocycles. The van der Waals surface area contributed by atoms with Crippen LogP contribution in [0.3, 0.4) is 0 Å². The van der Waals surface area contributed by atoms with Gasteiger partial charge < -0.3 is 10.3 Å². The van der Waals surface area contributed by atoms with Crippen LogP contribution in [0.25, 0.3) is 11.0 Å². The number of nitrogens with zero attached hydrogens (tertiary/aromatic N) is 2. The molecule has 1 aliphatic carbocycles. The molecule has 1 atom stereocenters. The van der Waals surface area contributed by atoms with Gasteiger partial charge in [0.15, 0.2) is 0 Å². The molecule has 0 radical (unpaired) electrons. The Morgan fingerprint density at radius 3 is 3.12 bits per heavy atom. The molecule has 4 rings (SSSR count). The van der Waals surface area contributed by atoms with E-state index in [2.05, 4.69) is 25.5 Å². The zero-order chi connectivity index (χ0) is 17.2. The highest BCUT2D eigenvalue weighted by atomic mass is 16.1. The van der Waals surface area contributed by atoms with Crippen LogP contribution in [-0.4, -0.2) is 32.1 Å². The van der Waals surface area contributed by atoms with Gasteiger partial charge in [-0.05, 0) is 37.0 Å². The van der Waals surface area contributed by atoms with Gasteiger partial charge in [-0.15, -0.1) is 0 Å². The van der Waals surface area contributed by atoms with Crippen LogP contribution < -0.4 is 10.9 Å². The fraction of sp³-hybridized carbons (Fsp3) is 0.333. The van der Waals surface area contributed by atoms with Crippen molar-refractivity contribution in [3.63, 3.8) is 0 Å². The number of amides is 1. The Hall–Kier alpha value is -2.96. The highest BCUT2D eigenvalue weighted by Crippen LogP contribution is 2.18. The van der Waals surface area contributed by atoms with Gasteiger partial charge in [0.25, 0.3) is 5.56 Å². The second-order valence-electron chi connectivity index (χ2n) is 6.41. The van der Waals surface area contributed by atoms with E-state index < -0.39 is 0 Å². The van der Waals surface area contributed by atoms with E-state index >= 15 is 0 Å². The second kappa shape index (κ2) is 6.51. The van der Waals surface area contributed by atoms with Crippen molar-refractivity contribution >= 4 is 16.9 Å². The lowest BCUT2D eigenvalue weighted by Gasteiger charge is -2.22. The molecule has 2 heterocycles. The molecule has 7 nitrogen and oxygen atoms in total. The Morgan fingerprint density at radius 2 is 2.20 bits per heavy atom. The van der Waals surface area contributed by atoms with Crippen molar-refractivity contribution in [3.8, 4) is 0 Å². The number of aromatic nitrogens is 4. The van der Waals surface area contributed by atoms with Gasteiger partial charge in [0.05, 0.1) is 17.2 Å². The van der Waals surface area contributed by atoms with Gasteiger partial charge >= 0.3 is 0 Å². The predicted octanol–water partition coefficient (Wildman–Crippen LogP) is 1.25. The predicted molar refractivity (Wildman–Crippen MR) is 93.2 cm³/mol. The number of fused-ring (bicyclic) bond motifs is 2. The third-order valence-electron chi connectivity index (χ3n) is 4.64. The molecule has 0 bridgehead atoms. The third kappa shape index (κ3) is 3.31. The maximum absolute atomic E-state index is 12.2. The smallest absolute Gasteiger partial charge is 0.270 e. The lowest BCUT2D eigenvalue weighted by Crippen LogP contribution is -2.39. The van der Waals surface area contributed by atoms with Gasteiger partial charge in [0.1, 0.15) is 5.69 Å². The highest BCUT2D eigenvalue weighted by molar-refractivity contribution is 5.77. The van der Waals surface area contributed by atoms with E-state index in [1.165, 1.54) is 5.56 Å². The SMILES string of the molecule is O=C(CCc1nc2ccccc2[nH]c1=O)NC1CCc2[nH]ncc2C1. The molecule has 0 saturated heterocycles. The average Bonchev–Trinajstić information content (AvgIpc) is 3.07. The summed E-state index contributed by atoms with van der Waals surface area (Å²) in [6.07, 6.45) is 5.00. The monoisotopic (exact) mass is 337 g/mol. The van der Waals surface area contributed by atoms with E-state index in [4.69, 9.17) is 0 Å². The van der Waals surface area contributed by atoms with Gasteiger partial charge in [-0.1, -0.05) is 12.1 Å². The molecule has 2 aromatic heterocycles. The first kappa shape index (κ1) is 15.6. The van der Waals surface area contributed by atoms with Gasteiger partial charge in [-0.3, -0.25) is 14.7 Å². The summed E-state index contributed by atoms with van der Waals surface area (Å²) in [6, 6.07) is 7.51. The molecule has 3 N–H and O–H groups in total. The van der Waals surface area contributed by atoms with Crippen LogP contribution in [0.4, 0.5) is 0 Å². The zero-order valence-electron chi connectivity index (χ0n) is 13.7. The van der Waals surface area contributed by atoms with Crippen molar-refractivity contribution in [2.45, 2.75) is 38.1 Å². The molecule has 7 heteroatoms. The van der Waals surface area contributed by atoms with Crippen molar-refractivity contribution in [3.05, 3.63) is 57.8 Å². The summed E-state index contributed by atoms with van der Waals surface area (Å²) in [5, 5.41) is 10.1. The van der Waals surface area contributed by atoms with E-state index in [1.807, 2.05) is 30.5 Å². The Balaban J connectivity index is 1.38. The number of carbonyl (C=O) groups is 1. The number of hydrogen-bond donors (Lipinski definition) is 3. The van der Waals surface area contributed by atoms with Crippen molar-refractivity contribution in [2.75, 3.05) is 0 Å². The van der Waals surface area contributed by atoms with Crippen LogP contribution >= 0.6 is 0 Å². The van der Waals surface area contributed by atoms with Crippen LogP contribution in [0.15, 0.2) is 35.3 Å². The number of para-hydroxylation sites is 2. The van der Waals surface area contributed by atoms with Crippen LogP contribution in [0.5, 0.6) is 0 Å². The number of benzene rings is 1. The minimum atomic E-state index is -0.229. The summed E-state index contributed by atoms with van der Waals surface area (Å²) in [7, 11) is 0. The first-order chi connectivity index (χ1) is 12.2. The minimum absolute atomic E-state index is 0.0497. The van der Waals surface area contributed by atoms with Gasteiger partial charge in [0, 0.05) is 24.6 Å². The van der Waals surface area contributed by atoms with Gasteiger partial charge in [0.2, 0.25) is 5.91 Å². The number of carbonyl (C=O) groups excluding carboxylic acids is 1. The number of H-pyrrole nitrogens is 2. The maximum Gasteiger partial charge on any atom is 0.270 e.